The molecule has 0 atom stereocenters. The van der Waals surface area contributed by atoms with Crippen LogP contribution in [0.15, 0.2) is 29.8 Å². The van der Waals surface area contributed by atoms with Crippen LogP contribution in [0.1, 0.15) is 12.0 Å². The van der Waals surface area contributed by atoms with Crippen LogP contribution in [0.2, 0.25) is 5.02 Å². The Labute approximate surface area is 97.3 Å². The molecule has 5 heteroatoms. The predicted octanol–water partition coefficient (Wildman–Crippen LogP) is 1.68. The van der Waals surface area contributed by atoms with Crippen molar-refractivity contribution in [3.8, 4) is 0 Å². The van der Waals surface area contributed by atoms with E-state index in [0.29, 0.717) is 10.6 Å². The van der Waals surface area contributed by atoms with E-state index < -0.39 is 18.3 Å². The molecule has 0 heterocycles. The zero-order valence-electron chi connectivity index (χ0n) is 8.31. The smallest absolute Gasteiger partial charge is 0.308 e. The summed E-state index contributed by atoms with van der Waals surface area (Å²) in [7, 11) is 0. The van der Waals surface area contributed by atoms with Crippen LogP contribution in [0.5, 0.6) is 0 Å². The van der Waals surface area contributed by atoms with Crippen molar-refractivity contribution in [1.82, 2.24) is 0 Å². The first-order chi connectivity index (χ1) is 7.50. The molecule has 0 saturated carbocycles. The molecule has 1 aromatic rings. The van der Waals surface area contributed by atoms with Crippen LogP contribution < -0.4 is 5.73 Å². The lowest BCUT2D eigenvalue weighted by atomic mass is 10.1. The molecule has 1 rings (SSSR count). The van der Waals surface area contributed by atoms with Gasteiger partial charge >= 0.3 is 5.97 Å². The first-order valence-electron chi connectivity index (χ1n) is 4.47. The van der Waals surface area contributed by atoms with Crippen LogP contribution in [0, 0.1) is 0 Å². The zero-order valence-corrected chi connectivity index (χ0v) is 9.07. The molecular formula is C11H10ClNO3. The van der Waals surface area contributed by atoms with Crippen LogP contribution in [0.25, 0.3) is 6.08 Å². The molecule has 4 nitrogen and oxygen atoms in total. The number of amides is 1. The van der Waals surface area contributed by atoms with Crippen molar-refractivity contribution in [3.63, 3.8) is 0 Å². The highest BCUT2D eigenvalue weighted by Gasteiger charge is 2.10. The van der Waals surface area contributed by atoms with Gasteiger partial charge in [-0.1, -0.05) is 29.8 Å². The van der Waals surface area contributed by atoms with E-state index in [0.717, 1.165) is 0 Å². The maximum atomic E-state index is 11.0. The lowest BCUT2D eigenvalue weighted by molar-refractivity contribution is -0.136. The van der Waals surface area contributed by atoms with Crippen molar-refractivity contribution in [2.24, 2.45) is 5.73 Å². The quantitative estimate of drug-likeness (QED) is 0.785. The van der Waals surface area contributed by atoms with Crippen LogP contribution >= 0.6 is 11.6 Å². The van der Waals surface area contributed by atoms with Gasteiger partial charge in [0.05, 0.1) is 6.42 Å². The van der Waals surface area contributed by atoms with E-state index in [4.69, 9.17) is 22.4 Å². The van der Waals surface area contributed by atoms with Crippen molar-refractivity contribution >= 4 is 29.6 Å². The molecule has 0 bridgehead atoms. The normalized spacial score (nSPS) is 11.2. The summed E-state index contributed by atoms with van der Waals surface area (Å²) in [5.74, 6) is -1.88. The molecule has 0 aliphatic heterocycles. The lowest BCUT2D eigenvalue weighted by Crippen LogP contribution is -2.16. The van der Waals surface area contributed by atoms with Gasteiger partial charge in [-0.3, -0.25) is 9.59 Å². The Morgan fingerprint density at radius 1 is 1.38 bits per heavy atom. The number of aliphatic carboxylic acids is 1. The Bertz CT molecular complexity index is 454. The third kappa shape index (κ3) is 3.40. The summed E-state index contributed by atoms with van der Waals surface area (Å²) in [6.07, 6.45) is 0.972. The van der Waals surface area contributed by atoms with Gasteiger partial charge in [-0.25, -0.2) is 0 Å². The Morgan fingerprint density at radius 3 is 2.50 bits per heavy atom. The third-order valence-corrected chi connectivity index (χ3v) is 2.24. The Hall–Kier alpha value is -1.81. The molecule has 3 N–H and O–H groups in total. The molecule has 0 fully saturated rings. The van der Waals surface area contributed by atoms with Crippen molar-refractivity contribution in [2.45, 2.75) is 6.42 Å². The van der Waals surface area contributed by atoms with Crippen LogP contribution in [0.3, 0.4) is 0 Å². The highest BCUT2D eigenvalue weighted by atomic mass is 35.5. The maximum Gasteiger partial charge on any atom is 0.308 e. The standard InChI is InChI=1S/C11H10ClNO3/c12-9-4-2-1-3-7(9)5-8(11(13)16)6-10(14)15/h1-5H,6H2,(H2,13,16)(H,14,15). The van der Waals surface area contributed by atoms with Gasteiger partial charge in [-0.05, 0) is 17.7 Å². The average molecular weight is 240 g/mol. The molecule has 1 aromatic carbocycles. The molecule has 0 spiro atoms. The van der Waals surface area contributed by atoms with E-state index >= 15 is 0 Å². The Morgan fingerprint density at radius 2 is 2.00 bits per heavy atom. The van der Waals surface area contributed by atoms with Gasteiger partial charge in [0.1, 0.15) is 0 Å². The number of halogens is 1. The highest BCUT2D eigenvalue weighted by Crippen LogP contribution is 2.19. The maximum absolute atomic E-state index is 11.0. The van der Waals surface area contributed by atoms with Gasteiger partial charge < -0.3 is 10.8 Å². The van der Waals surface area contributed by atoms with E-state index in [1.165, 1.54) is 6.08 Å². The van der Waals surface area contributed by atoms with Gasteiger partial charge in [-0.2, -0.15) is 0 Å². The fraction of sp³-hybridized carbons (Fsp3) is 0.0909. The number of benzene rings is 1. The summed E-state index contributed by atoms with van der Waals surface area (Å²) in [4.78, 5) is 21.5. The Kier molecular flexibility index (Phi) is 4.08. The molecule has 0 unspecified atom stereocenters. The number of carboxylic acid groups (broad SMARTS) is 1. The van der Waals surface area contributed by atoms with E-state index in [9.17, 15) is 9.59 Å². The second kappa shape index (κ2) is 5.32. The number of primary amides is 1. The molecule has 0 aliphatic carbocycles. The number of nitrogens with two attached hydrogens (primary N) is 1. The SMILES string of the molecule is NC(=O)C(=Cc1ccccc1Cl)CC(=O)O. The van der Waals surface area contributed by atoms with Crippen molar-refractivity contribution < 1.29 is 14.7 Å². The number of carboxylic acids is 1. The second-order valence-electron chi connectivity index (χ2n) is 3.13. The third-order valence-electron chi connectivity index (χ3n) is 1.89. The van der Waals surface area contributed by atoms with Crippen molar-refractivity contribution in [3.05, 3.63) is 40.4 Å². The van der Waals surface area contributed by atoms with Crippen molar-refractivity contribution in [1.29, 1.82) is 0 Å². The predicted molar refractivity (Wildman–Crippen MR) is 60.9 cm³/mol. The van der Waals surface area contributed by atoms with Crippen LogP contribution in [0.4, 0.5) is 0 Å². The van der Waals surface area contributed by atoms with Gasteiger partial charge in [0.15, 0.2) is 0 Å². The van der Waals surface area contributed by atoms with Crippen LogP contribution in [-0.4, -0.2) is 17.0 Å². The fourth-order valence-corrected chi connectivity index (χ4v) is 1.34. The van der Waals surface area contributed by atoms with Gasteiger partial charge in [-0.15, -0.1) is 0 Å². The molecule has 0 radical (unpaired) electrons. The molecule has 84 valence electrons. The zero-order chi connectivity index (χ0) is 12.1. The minimum atomic E-state index is -1.11. The summed E-state index contributed by atoms with van der Waals surface area (Å²) in [6.45, 7) is 0. The number of carbonyl (C=O) groups is 2. The van der Waals surface area contributed by atoms with E-state index in [2.05, 4.69) is 0 Å². The van der Waals surface area contributed by atoms with Crippen molar-refractivity contribution in [2.75, 3.05) is 0 Å². The molecule has 1 amide bonds. The average Bonchev–Trinajstić information content (AvgIpc) is 2.19. The number of rotatable bonds is 4. The first-order valence-corrected chi connectivity index (χ1v) is 4.85. The van der Waals surface area contributed by atoms with E-state index in [1.54, 1.807) is 24.3 Å². The van der Waals surface area contributed by atoms with Gasteiger partial charge in [0, 0.05) is 10.6 Å². The van der Waals surface area contributed by atoms with Gasteiger partial charge in [0.2, 0.25) is 5.91 Å². The Balaban J connectivity index is 3.07. The number of carbonyl (C=O) groups excluding carboxylic acids is 1. The summed E-state index contributed by atoms with van der Waals surface area (Å²) in [6, 6.07) is 6.79. The first kappa shape index (κ1) is 12.3. The largest absolute Gasteiger partial charge is 0.481 e. The highest BCUT2D eigenvalue weighted by molar-refractivity contribution is 6.32. The molecule has 16 heavy (non-hydrogen) atoms. The van der Waals surface area contributed by atoms with Crippen LogP contribution in [-0.2, 0) is 9.59 Å². The van der Waals surface area contributed by atoms with Gasteiger partial charge in [0.25, 0.3) is 0 Å². The summed E-state index contributed by atoms with van der Waals surface area (Å²) >= 11 is 5.87. The minimum Gasteiger partial charge on any atom is -0.481 e. The monoisotopic (exact) mass is 239 g/mol. The fourth-order valence-electron chi connectivity index (χ4n) is 1.15. The molecular weight excluding hydrogens is 230 g/mol. The summed E-state index contributed by atoms with van der Waals surface area (Å²) in [5, 5.41) is 9.04. The second-order valence-corrected chi connectivity index (χ2v) is 3.53. The number of hydrogen-bond donors (Lipinski definition) is 2. The van der Waals surface area contributed by atoms with E-state index in [-0.39, 0.29) is 5.57 Å². The number of hydrogen-bond acceptors (Lipinski definition) is 2. The molecule has 0 saturated heterocycles. The topological polar surface area (TPSA) is 80.4 Å². The minimum absolute atomic E-state index is 0.0144. The molecule has 0 aromatic heterocycles. The lowest BCUT2D eigenvalue weighted by Gasteiger charge is -2.01. The summed E-state index contributed by atoms with van der Waals surface area (Å²) in [5.41, 5.74) is 5.65. The molecule has 0 aliphatic rings. The van der Waals surface area contributed by atoms with E-state index in [1.807, 2.05) is 0 Å². The summed E-state index contributed by atoms with van der Waals surface area (Å²) < 4.78 is 0.